The lowest BCUT2D eigenvalue weighted by atomic mass is 10.3. The molecule has 0 heterocycles. The SMILES string of the molecule is COc1ccccc1[P@](=O)(c1ccccc1)c1ccc([N+](=O)[O-])cc1. The van der Waals surface area contributed by atoms with Crippen LogP contribution in [0.25, 0.3) is 0 Å². The molecule has 0 amide bonds. The average molecular weight is 353 g/mol. The predicted octanol–water partition coefficient (Wildman–Crippen LogP) is 3.24. The van der Waals surface area contributed by atoms with Crippen molar-refractivity contribution >= 4 is 28.7 Å². The van der Waals surface area contributed by atoms with Crippen molar-refractivity contribution in [3.8, 4) is 5.75 Å². The summed E-state index contributed by atoms with van der Waals surface area (Å²) in [5.41, 5.74) is -0.0385. The van der Waals surface area contributed by atoms with E-state index in [1.54, 1.807) is 42.5 Å². The van der Waals surface area contributed by atoms with Gasteiger partial charge in [0.05, 0.1) is 17.3 Å². The molecule has 6 heteroatoms. The number of nitrogens with zero attached hydrogens (tertiary/aromatic N) is 1. The number of nitro benzene ring substituents is 1. The quantitative estimate of drug-likeness (QED) is 0.401. The van der Waals surface area contributed by atoms with Crippen molar-refractivity contribution in [2.75, 3.05) is 7.11 Å². The number of para-hydroxylation sites is 1. The zero-order chi connectivity index (χ0) is 17.9. The van der Waals surface area contributed by atoms with Crippen molar-refractivity contribution in [1.29, 1.82) is 0 Å². The zero-order valence-electron chi connectivity index (χ0n) is 13.5. The molecule has 0 aliphatic carbocycles. The Hall–Kier alpha value is -2.91. The second-order valence-corrected chi connectivity index (χ2v) is 8.12. The lowest BCUT2D eigenvalue weighted by Gasteiger charge is -2.21. The summed E-state index contributed by atoms with van der Waals surface area (Å²) in [5.74, 6) is 0.521. The summed E-state index contributed by atoms with van der Waals surface area (Å²) < 4.78 is 19.6. The highest BCUT2D eigenvalue weighted by Crippen LogP contribution is 2.45. The van der Waals surface area contributed by atoms with Crippen molar-refractivity contribution in [3.05, 3.63) is 89.0 Å². The van der Waals surface area contributed by atoms with Crippen molar-refractivity contribution < 1.29 is 14.2 Å². The maximum Gasteiger partial charge on any atom is 0.269 e. The van der Waals surface area contributed by atoms with Gasteiger partial charge in [0.2, 0.25) is 0 Å². The molecule has 3 rings (SSSR count). The van der Waals surface area contributed by atoms with Gasteiger partial charge in [-0.15, -0.1) is 0 Å². The topological polar surface area (TPSA) is 69.4 Å². The Labute approximate surface area is 145 Å². The molecule has 0 N–H and O–H groups in total. The molecule has 0 bridgehead atoms. The Morgan fingerprint density at radius 2 is 1.40 bits per heavy atom. The normalized spacial score (nSPS) is 13.0. The maximum atomic E-state index is 14.2. The first-order chi connectivity index (χ1) is 12.1. The zero-order valence-corrected chi connectivity index (χ0v) is 14.4. The van der Waals surface area contributed by atoms with Gasteiger partial charge in [-0.25, -0.2) is 0 Å². The molecule has 5 nitrogen and oxygen atoms in total. The number of non-ortho nitro benzene ring substituents is 1. The first-order valence-electron chi connectivity index (χ1n) is 7.61. The Bertz CT molecular complexity index is 939. The summed E-state index contributed by atoms with van der Waals surface area (Å²) in [4.78, 5) is 10.4. The molecule has 0 aliphatic rings. The van der Waals surface area contributed by atoms with Crippen LogP contribution in [0.4, 0.5) is 5.69 Å². The predicted molar refractivity (Wildman–Crippen MR) is 99.0 cm³/mol. The van der Waals surface area contributed by atoms with E-state index in [2.05, 4.69) is 0 Å². The first-order valence-corrected chi connectivity index (χ1v) is 9.32. The van der Waals surface area contributed by atoms with Crippen molar-refractivity contribution in [2.45, 2.75) is 0 Å². The van der Waals surface area contributed by atoms with Crippen LogP contribution in [-0.2, 0) is 4.57 Å². The first kappa shape index (κ1) is 16.9. The van der Waals surface area contributed by atoms with Crippen LogP contribution in [0.3, 0.4) is 0 Å². The third-order valence-electron chi connectivity index (χ3n) is 3.97. The molecule has 0 aliphatic heterocycles. The van der Waals surface area contributed by atoms with E-state index < -0.39 is 12.1 Å². The Morgan fingerprint density at radius 1 is 0.840 bits per heavy atom. The van der Waals surface area contributed by atoms with Gasteiger partial charge >= 0.3 is 0 Å². The highest BCUT2D eigenvalue weighted by atomic mass is 31.2. The van der Waals surface area contributed by atoms with Gasteiger partial charge in [0, 0.05) is 22.7 Å². The van der Waals surface area contributed by atoms with E-state index in [1.165, 1.54) is 19.2 Å². The molecule has 0 fully saturated rings. The summed E-state index contributed by atoms with van der Waals surface area (Å²) in [6.07, 6.45) is 0. The van der Waals surface area contributed by atoms with Crippen LogP contribution in [0.1, 0.15) is 0 Å². The summed E-state index contributed by atoms with van der Waals surface area (Å²) >= 11 is 0. The minimum Gasteiger partial charge on any atom is -0.496 e. The molecule has 126 valence electrons. The van der Waals surface area contributed by atoms with E-state index in [0.29, 0.717) is 21.7 Å². The Morgan fingerprint density at radius 3 is 2.00 bits per heavy atom. The number of benzene rings is 3. The van der Waals surface area contributed by atoms with Gasteiger partial charge < -0.3 is 9.30 Å². The molecule has 0 spiro atoms. The fourth-order valence-electron chi connectivity index (χ4n) is 2.74. The fourth-order valence-corrected chi connectivity index (χ4v) is 5.53. The van der Waals surface area contributed by atoms with Gasteiger partial charge in [-0.3, -0.25) is 10.1 Å². The third-order valence-corrected chi connectivity index (χ3v) is 7.07. The van der Waals surface area contributed by atoms with Crippen LogP contribution >= 0.6 is 7.14 Å². The summed E-state index contributed by atoms with van der Waals surface area (Å²) in [7, 11) is -1.70. The summed E-state index contributed by atoms with van der Waals surface area (Å²) in [6, 6.07) is 22.1. The second kappa shape index (κ2) is 6.91. The molecular weight excluding hydrogens is 337 g/mol. The van der Waals surface area contributed by atoms with E-state index in [4.69, 9.17) is 4.74 Å². The number of nitro groups is 1. The molecule has 3 aromatic rings. The second-order valence-electron chi connectivity index (χ2n) is 5.39. The van der Waals surface area contributed by atoms with E-state index in [9.17, 15) is 14.7 Å². The van der Waals surface area contributed by atoms with Gasteiger partial charge in [-0.05, 0) is 24.3 Å². The van der Waals surface area contributed by atoms with Crippen LogP contribution < -0.4 is 20.7 Å². The van der Waals surface area contributed by atoms with Crippen molar-refractivity contribution in [3.63, 3.8) is 0 Å². The third kappa shape index (κ3) is 3.06. The van der Waals surface area contributed by atoms with Crippen molar-refractivity contribution in [2.24, 2.45) is 0 Å². The minimum atomic E-state index is -3.23. The number of hydrogen-bond donors (Lipinski definition) is 0. The van der Waals surface area contributed by atoms with Gasteiger partial charge in [-0.2, -0.15) is 0 Å². The van der Waals surface area contributed by atoms with Gasteiger partial charge in [0.25, 0.3) is 5.69 Å². The number of ether oxygens (including phenoxy) is 1. The molecule has 0 saturated heterocycles. The molecule has 0 radical (unpaired) electrons. The van der Waals surface area contributed by atoms with Gasteiger partial charge in [0.15, 0.2) is 7.14 Å². The highest BCUT2D eigenvalue weighted by molar-refractivity contribution is 7.85. The number of rotatable bonds is 5. The minimum absolute atomic E-state index is 0.0385. The molecule has 0 aromatic heterocycles. The van der Waals surface area contributed by atoms with E-state index >= 15 is 0 Å². The van der Waals surface area contributed by atoms with E-state index in [1.807, 2.05) is 24.3 Å². The van der Waals surface area contributed by atoms with Crippen LogP contribution in [0.2, 0.25) is 0 Å². The lowest BCUT2D eigenvalue weighted by molar-refractivity contribution is -0.384. The van der Waals surface area contributed by atoms with Gasteiger partial charge in [0.1, 0.15) is 5.75 Å². The monoisotopic (exact) mass is 353 g/mol. The Balaban J connectivity index is 2.27. The van der Waals surface area contributed by atoms with Crippen LogP contribution in [0, 0.1) is 10.1 Å². The van der Waals surface area contributed by atoms with Crippen LogP contribution in [-0.4, -0.2) is 12.0 Å². The summed E-state index contributed by atoms with van der Waals surface area (Å²) in [6.45, 7) is 0. The lowest BCUT2D eigenvalue weighted by Crippen LogP contribution is -2.26. The van der Waals surface area contributed by atoms with E-state index in [-0.39, 0.29) is 5.69 Å². The van der Waals surface area contributed by atoms with Crippen molar-refractivity contribution in [1.82, 2.24) is 0 Å². The van der Waals surface area contributed by atoms with Crippen LogP contribution in [0.15, 0.2) is 78.9 Å². The fraction of sp³-hybridized carbons (Fsp3) is 0.0526. The molecule has 3 aromatic carbocycles. The highest BCUT2D eigenvalue weighted by Gasteiger charge is 2.32. The molecule has 0 saturated carbocycles. The molecule has 25 heavy (non-hydrogen) atoms. The largest absolute Gasteiger partial charge is 0.496 e. The van der Waals surface area contributed by atoms with E-state index in [0.717, 1.165) is 0 Å². The number of hydrogen-bond acceptors (Lipinski definition) is 4. The smallest absolute Gasteiger partial charge is 0.269 e. The molecule has 1 atom stereocenters. The maximum absolute atomic E-state index is 14.2. The summed E-state index contributed by atoms with van der Waals surface area (Å²) in [5, 5.41) is 12.7. The molecular formula is C19H16NO4P. The van der Waals surface area contributed by atoms with Gasteiger partial charge in [-0.1, -0.05) is 42.5 Å². The standard InChI is InChI=1S/C19H16NO4P/c1-24-18-9-5-6-10-19(18)25(23,16-7-3-2-4-8-16)17-13-11-15(12-14-17)20(21)22/h2-14H,1H3/t25-/m0/s1. The Kier molecular flexibility index (Phi) is 4.68. The number of methoxy groups -OCH3 is 1. The van der Waals surface area contributed by atoms with Crippen LogP contribution in [0.5, 0.6) is 5.75 Å². The molecule has 0 unspecified atom stereocenters. The average Bonchev–Trinajstić information content (AvgIpc) is 2.68.